The van der Waals surface area contributed by atoms with Crippen LogP contribution in [0.3, 0.4) is 0 Å². The van der Waals surface area contributed by atoms with Gasteiger partial charge in [-0.05, 0) is 42.3 Å². The van der Waals surface area contributed by atoms with E-state index in [1.807, 2.05) is 24.3 Å². The number of amides is 1. The molecule has 0 spiro atoms. The van der Waals surface area contributed by atoms with E-state index in [-0.39, 0.29) is 19.1 Å². The molecule has 2 heterocycles. The quantitative estimate of drug-likeness (QED) is 0.473. The minimum Gasteiger partial charge on any atom is -0.494 e. The van der Waals surface area contributed by atoms with Gasteiger partial charge < -0.3 is 25.2 Å². The number of rotatable bonds is 3. The second-order valence-corrected chi connectivity index (χ2v) is 7.61. The number of carbonyl (C=O) groups is 1. The van der Waals surface area contributed by atoms with E-state index in [2.05, 4.69) is 25.9 Å². The van der Waals surface area contributed by atoms with E-state index in [9.17, 15) is 4.79 Å². The number of aliphatic hydroxyl groups excluding tert-OH is 1. The van der Waals surface area contributed by atoms with Crippen molar-refractivity contribution >= 4 is 39.9 Å². The summed E-state index contributed by atoms with van der Waals surface area (Å²) in [6, 6.07) is 11.1. The van der Waals surface area contributed by atoms with Crippen LogP contribution in [0.5, 0.6) is 5.75 Å². The zero-order valence-electron chi connectivity index (χ0n) is 17.3. The number of nitrogens with one attached hydrogen (secondary N) is 3. The van der Waals surface area contributed by atoms with Crippen molar-refractivity contribution in [1.82, 2.24) is 20.6 Å². The standard InChI is InChI=1S/C22H24ClN5O4/c23-15-3-2-14-12-25-22(32-9-7-29)21(30)24-6-1-8-31-16-4-5-18-17(11-16)20(27-13-26-18)28-19(14)10-15/h2-5,10-11,13,22,25,29H,1,6-9,12H2,(H,24,30)(H,26,27,28). The van der Waals surface area contributed by atoms with Gasteiger partial charge in [0.15, 0.2) is 6.23 Å². The van der Waals surface area contributed by atoms with Gasteiger partial charge in [-0.2, -0.15) is 0 Å². The number of fused-ring (bicyclic) bond motifs is 2. The topological polar surface area (TPSA) is 118 Å². The first-order chi connectivity index (χ1) is 15.6. The highest BCUT2D eigenvalue weighted by atomic mass is 35.5. The zero-order chi connectivity index (χ0) is 22.3. The van der Waals surface area contributed by atoms with Crippen LogP contribution in [-0.2, 0) is 16.1 Å². The molecule has 0 saturated carbocycles. The lowest BCUT2D eigenvalue weighted by atomic mass is 10.1. The molecule has 4 N–H and O–H groups in total. The Morgan fingerprint density at radius 1 is 1.22 bits per heavy atom. The van der Waals surface area contributed by atoms with Gasteiger partial charge in [-0.25, -0.2) is 9.97 Å². The van der Waals surface area contributed by atoms with Crippen LogP contribution < -0.4 is 20.7 Å². The highest BCUT2D eigenvalue weighted by molar-refractivity contribution is 6.30. The molecule has 0 radical (unpaired) electrons. The maximum Gasteiger partial charge on any atom is 0.264 e. The summed E-state index contributed by atoms with van der Waals surface area (Å²) in [6.45, 7) is 1.02. The predicted octanol–water partition coefficient (Wildman–Crippen LogP) is 2.35. The average molecular weight is 458 g/mol. The first kappa shape index (κ1) is 22.2. The van der Waals surface area contributed by atoms with Crippen molar-refractivity contribution in [2.24, 2.45) is 0 Å². The summed E-state index contributed by atoms with van der Waals surface area (Å²) in [5.41, 5.74) is 2.36. The fourth-order valence-electron chi connectivity index (χ4n) is 3.34. The largest absolute Gasteiger partial charge is 0.494 e. The molecule has 9 nitrogen and oxygen atoms in total. The monoisotopic (exact) mass is 457 g/mol. The van der Waals surface area contributed by atoms with Gasteiger partial charge in [-0.3, -0.25) is 10.1 Å². The molecule has 1 aliphatic rings. The van der Waals surface area contributed by atoms with Crippen molar-refractivity contribution in [3.63, 3.8) is 0 Å². The predicted molar refractivity (Wildman–Crippen MR) is 121 cm³/mol. The molecule has 1 atom stereocenters. The van der Waals surface area contributed by atoms with Crippen LogP contribution in [-0.4, -0.2) is 53.6 Å². The zero-order valence-corrected chi connectivity index (χ0v) is 18.1. The van der Waals surface area contributed by atoms with Crippen LogP contribution in [0, 0.1) is 0 Å². The van der Waals surface area contributed by atoms with Crippen molar-refractivity contribution in [3.05, 3.63) is 53.3 Å². The molecular weight excluding hydrogens is 434 g/mol. The maximum absolute atomic E-state index is 12.6. The van der Waals surface area contributed by atoms with Crippen molar-refractivity contribution in [1.29, 1.82) is 0 Å². The van der Waals surface area contributed by atoms with Crippen LogP contribution in [0.1, 0.15) is 12.0 Å². The molecule has 1 aliphatic heterocycles. The van der Waals surface area contributed by atoms with Crippen LogP contribution in [0.2, 0.25) is 5.02 Å². The summed E-state index contributed by atoms with van der Waals surface area (Å²) in [5, 5.41) is 19.7. The molecule has 168 valence electrons. The molecule has 1 aromatic heterocycles. The van der Waals surface area contributed by atoms with E-state index in [0.29, 0.717) is 42.7 Å². The van der Waals surface area contributed by atoms with E-state index in [1.54, 1.807) is 12.1 Å². The molecule has 1 amide bonds. The number of hydrogen-bond donors (Lipinski definition) is 4. The number of halogens is 1. The number of aromatic nitrogens is 2. The van der Waals surface area contributed by atoms with E-state index >= 15 is 0 Å². The van der Waals surface area contributed by atoms with Crippen LogP contribution in [0.15, 0.2) is 42.7 Å². The van der Waals surface area contributed by atoms with Gasteiger partial charge in [-0.15, -0.1) is 0 Å². The first-order valence-electron chi connectivity index (χ1n) is 10.3. The Bertz CT molecular complexity index is 1100. The molecule has 32 heavy (non-hydrogen) atoms. The van der Waals surface area contributed by atoms with Gasteiger partial charge in [0.05, 0.1) is 25.3 Å². The highest BCUT2D eigenvalue weighted by Gasteiger charge is 2.19. The Labute approximate surface area is 190 Å². The van der Waals surface area contributed by atoms with Crippen molar-refractivity contribution in [2.45, 2.75) is 19.2 Å². The Morgan fingerprint density at radius 2 is 2.12 bits per heavy atom. The van der Waals surface area contributed by atoms with E-state index in [0.717, 1.165) is 22.2 Å². The Hall–Kier alpha value is -2.98. The average Bonchev–Trinajstić information content (AvgIpc) is 2.79. The van der Waals surface area contributed by atoms with Gasteiger partial charge in [0, 0.05) is 29.2 Å². The Morgan fingerprint density at radius 3 is 3.00 bits per heavy atom. The van der Waals surface area contributed by atoms with E-state index in [4.69, 9.17) is 26.2 Å². The molecule has 10 heteroatoms. The van der Waals surface area contributed by atoms with Crippen molar-refractivity contribution in [3.8, 4) is 5.75 Å². The van der Waals surface area contributed by atoms with Gasteiger partial charge >= 0.3 is 0 Å². The molecule has 0 aliphatic carbocycles. The third kappa shape index (κ3) is 5.43. The summed E-state index contributed by atoms with van der Waals surface area (Å²) in [4.78, 5) is 21.3. The lowest BCUT2D eigenvalue weighted by Crippen LogP contribution is -2.46. The third-order valence-corrected chi connectivity index (χ3v) is 5.15. The van der Waals surface area contributed by atoms with E-state index < -0.39 is 6.23 Å². The lowest BCUT2D eigenvalue weighted by Gasteiger charge is -2.20. The second-order valence-electron chi connectivity index (χ2n) is 7.18. The molecule has 0 saturated heterocycles. The summed E-state index contributed by atoms with van der Waals surface area (Å²) in [5.74, 6) is 0.987. The van der Waals surface area contributed by atoms with Crippen molar-refractivity contribution in [2.75, 3.05) is 31.7 Å². The normalized spacial score (nSPS) is 17.3. The minimum atomic E-state index is -0.919. The molecule has 3 aromatic rings. The summed E-state index contributed by atoms with van der Waals surface area (Å²) < 4.78 is 11.3. The Balaban J connectivity index is 1.70. The van der Waals surface area contributed by atoms with Gasteiger partial charge in [0.1, 0.15) is 17.9 Å². The molecule has 0 fully saturated rings. The number of anilines is 2. The number of aliphatic hydroxyl groups is 1. The van der Waals surface area contributed by atoms with Gasteiger partial charge in [0.2, 0.25) is 0 Å². The summed E-state index contributed by atoms with van der Waals surface area (Å²) in [7, 11) is 0. The SMILES string of the molecule is O=C1NCCCOc2ccc3ncnc(c3c2)Nc2cc(Cl)ccc2CNC1OCCO. The van der Waals surface area contributed by atoms with Crippen LogP contribution >= 0.6 is 11.6 Å². The lowest BCUT2D eigenvalue weighted by molar-refractivity contribution is -0.135. The maximum atomic E-state index is 12.6. The van der Waals surface area contributed by atoms with Gasteiger partial charge in [-0.1, -0.05) is 17.7 Å². The first-order valence-corrected chi connectivity index (χ1v) is 10.7. The fraction of sp³-hybridized carbons (Fsp3) is 0.318. The highest BCUT2D eigenvalue weighted by Crippen LogP contribution is 2.29. The molecule has 2 bridgehead atoms. The molecule has 4 rings (SSSR count). The second kappa shape index (κ2) is 10.6. The van der Waals surface area contributed by atoms with Gasteiger partial charge in [0.25, 0.3) is 5.91 Å². The van der Waals surface area contributed by atoms with E-state index in [1.165, 1.54) is 6.33 Å². The Kier molecular flexibility index (Phi) is 7.33. The van der Waals surface area contributed by atoms with Crippen LogP contribution in [0.4, 0.5) is 11.5 Å². The minimum absolute atomic E-state index is 0.0352. The summed E-state index contributed by atoms with van der Waals surface area (Å²) >= 11 is 6.25. The number of nitrogens with zero attached hydrogens (tertiary/aromatic N) is 2. The molecule has 1 unspecified atom stereocenters. The number of carbonyl (C=O) groups excluding carboxylic acids is 1. The summed E-state index contributed by atoms with van der Waals surface area (Å²) in [6.07, 6.45) is 1.20. The molecule has 2 aromatic carbocycles. The number of ether oxygens (including phenoxy) is 2. The molecular formula is C22H24ClN5O4. The van der Waals surface area contributed by atoms with Crippen LogP contribution in [0.25, 0.3) is 10.9 Å². The smallest absolute Gasteiger partial charge is 0.264 e. The van der Waals surface area contributed by atoms with Crippen molar-refractivity contribution < 1.29 is 19.4 Å². The number of hydrogen-bond acceptors (Lipinski definition) is 8. The number of benzene rings is 2. The third-order valence-electron chi connectivity index (χ3n) is 4.91. The fourth-order valence-corrected chi connectivity index (χ4v) is 3.51.